The minimum atomic E-state index is -0.895. The van der Waals surface area contributed by atoms with Crippen molar-refractivity contribution in [1.29, 1.82) is 0 Å². The number of H-pyrrole nitrogens is 1. The molecule has 1 aromatic heterocycles. The van der Waals surface area contributed by atoms with Crippen LogP contribution in [0.4, 0.5) is 0 Å². The summed E-state index contributed by atoms with van der Waals surface area (Å²) >= 11 is 0. The Bertz CT molecular complexity index is 788. The second-order valence-corrected chi connectivity index (χ2v) is 6.61. The number of likely N-dealkylation sites (tertiary alicyclic amines) is 1. The fraction of sp³-hybridized carbons (Fsp3) is 0.400. The maximum Gasteiger partial charge on any atom is 0.247 e. The van der Waals surface area contributed by atoms with Gasteiger partial charge < -0.3 is 20.3 Å². The van der Waals surface area contributed by atoms with Crippen molar-refractivity contribution in [2.45, 2.75) is 31.7 Å². The van der Waals surface area contributed by atoms with Crippen molar-refractivity contribution in [3.63, 3.8) is 0 Å². The van der Waals surface area contributed by atoms with Gasteiger partial charge in [0.05, 0.1) is 6.61 Å². The Labute approximate surface area is 152 Å². The van der Waals surface area contributed by atoms with E-state index in [4.69, 9.17) is 0 Å². The van der Waals surface area contributed by atoms with Gasteiger partial charge in [-0.3, -0.25) is 9.59 Å². The third kappa shape index (κ3) is 4.32. The van der Waals surface area contributed by atoms with Crippen molar-refractivity contribution >= 4 is 28.8 Å². The number of carbonyl (C=O) groups is 2. The zero-order valence-electron chi connectivity index (χ0n) is 14.8. The molecule has 0 aliphatic carbocycles. The van der Waals surface area contributed by atoms with Gasteiger partial charge in [0.25, 0.3) is 0 Å². The summed E-state index contributed by atoms with van der Waals surface area (Å²) in [4.78, 5) is 29.7. The van der Waals surface area contributed by atoms with Crippen LogP contribution in [0.25, 0.3) is 17.0 Å². The second kappa shape index (κ2) is 8.67. The summed E-state index contributed by atoms with van der Waals surface area (Å²) in [5.74, 6) is -0.597. The normalized spacial score (nSPS) is 16.6. The lowest BCUT2D eigenvalue weighted by Gasteiger charge is -2.25. The first-order valence-corrected chi connectivity index (χ1v) is 9.13. The van der Waals surface area contributed by atoms with Crippen LogP contribution in [-0.4, -0.2) is 52.5 Å². The lowest BCUT2D eigenvalue weighted by atomic mass is 10.1. The smallest absolute Gasteiger partial charge is 0.247 e. The van der Waals surface area contributed by atoms with E-state index in [-0.39, 0.29) is 5.91 Å². The highest BCUT2D eigenvalue weighted by Crippen LogP contribution is 2.18. The number of nitrogens with one attached hydrogen (secondary N) is 2. The highest BCUT2D eigenvalue weighted by molar-refractivity contribution is 5.98. The van der Waals surface area contributed by atoms with Crippen LogP contribution >= 0.6 is 0 Å². The standard InChI is InChI=1S/C20H25N3O3/c24-14-18(20(26)23-11-5-1-2-6-12-23)22-19(25)10-9-15-13-21-17-8-4-3-7-16(15)17/h3-4,7-10,13,18,21,24H,1-2,5-6,11-12,14H2,(H,22,25). The quantitative estimate of drug-likeness (QED) is 0.718. The van der Waals surface area contributed by atoms with Gasteiger partial charge in [-0.25, -0.2) is 0 Å². The fourth-order valence-corrected chi connectivity index (χ4v) is 3.31. The van der Waals surface area contributed by atoms with Crippen molar-refractivity contribution in [2.75, 3.05) is 19.7 Å². The van der Waals surface area contributed by atoms with Crippen LogP contribution in [-0.2, 0) is 9.59 Å². The van der Waals surface area contributed by atoms with Crippen molar-refractivity contribution < 1.29 is 14.7 Å². The Morgan fingerprint density at radius 1 is 1.19 bits per heavy atom. The van der Waals surface area contributed by atoms with Gasteiger partial charge in [-0.1, -0.05) is 31.0 Å². The SMILES string of the molecule is O=C(C=Cc1c[nH]c2ccccc12)NC(CO)C(=O)N1CCCCCC1. The zero-order valence-corrected chi connectivity index (χ0v) is 14.8. The van der Waals surface area contributed by atoms with Crippen molar-refractivity contribution in [2.24, 2.45) is 0 Å². The molecule has 6 nitrogen and oxygen atoms in total. The summed E-state index contributed by atoms with van der Waals surface area (Å²) in [6.07, 6.45) is 9.12. The molecule has 6 heteroatoms. The summed E-state index contributed by atoms with van der Waals surface area (Å²) in [5.41, 5.74) is 1.90. The van der Waals surface area contributed by atoms with Crippen molar-refractivity contribution in [3.05, 3.63) is 42.1 Å². The van der Waals surface area contributed by atoms with E-state index in [1.165, 1.54) is 6.08 Å². The Kier molecular flexibility index (Phi) is 6.07. The fourth-order valence-electron chi connectivity index (χ4n) is 3.31. The molecule has 1 aliphatic heterocycles. The number of aliphatic hydroxyl groups is 1. The molecule has 2 heterocycles. The van der Waals surface area contributed by atoms with E-state index >= 15 is 0 Å². The van der Waals surface area contributed by atoms with Crippen LogP contribution in [0.1, 0.15) is 31.2 Å². The predicted molar refractivity (Wildman–Crippen MR) is 101 cm³/mol. The number of aliphatic hydroxyl groups excluding tert-OH is 1. The molecule has 1 aliphatic rings. The highest BCUT2D eigenvalue weighted by Gasteiger charge is 2.25. The molecule has 138 valence electrons. The van der Waals surface area contributed by atoms with E-state index < -0.39 is 18.6 Å². The highest BCUT2D eigenvalue weighted by atomic mass is 16.3. The predicted octanol–water partition coefficient (Wildman–Crippen LogP) is 2.06. The Morgan fingerprint density at radius 2 is 1.92 bits per heavy atom. The van der Waals surface area contributed by atoms with Crippen LogP contribution in [0.15, 0.2) is 36.5 Å². The summed E-state index contributed by atoms with van der Waals surface area (Å²) < 4.78 is 0. The van der Waals surface area contributed by atoms with Gasteiger partial charge in [0, 0.05) is 36.3 Å². The number of benzene rings is 1. The van der Waals surface area contributed by atoms with E-state index in [9.17, 15) is 14.7 Å². The number of aromatic amines is 1. The van der Waals surface area contributed by atoms with Crippen LogP contribution < -0.4 is 5.32 Å². The minimum absolute atomic E-state index is 0.205. The first-order chi connectivity index (χ1) is 12.7. The molecule has 0 bridgehead atoms. The largest absolute Gasteiger partial charge is 0.394 e. The van der Waals surface area contributed by atoms with Crippen molar-refractivity contribution in [1.82, 2.24) is 15.2 Å². The summed E-state index contributed by atoms with van der Waals surface area (Å²) in [5, 5.41) is 13.2. The van der Waals surface area contributed by atoms with Crippen LogP contribution in [0.2, 0.25) is 0 Å². The number of hydrogen-bond acceptors (Lipinski definition) is 3. The maximum atomic E-state index is 12.5. The van der Waals surface area contributed by atoms with E-state index in [1.807, 2.05) is 30.5 Å². The molecule has 3 N–H and O–H groups in total. The number of amides is 2. The molecule has 1 unspecified atom stereocenters. The van der Waals surface area contributed by atoms with Gasteiger partial charge in [0.1, 0.15) is 6.04 Å². The molecule has 26 heavy (non-hydrogen) atoms. The Balaban J connectivity index is 1.62. The molecular formula is C20H25N3O3. The number of hydrogen-bond donors (Lipinski definition) is 3. The topological polar surface area (TPSA) is 85.4 Å². The molecular weight excluding hydrogens is 330 g/mol. The second-order valence-electron chi connectivity index (χ2n) is 6.61. The number of carbonyl (C=O) groups excluding carboxylic acids is 2. The van der Waals surface area contributed by atoms with Gasteiger partial charge in [0.2, 0.25) is 11.8 Å². The monoisotopic (exact) mass is 355 g/mol. The minimum Gasteiger partial charge on any atom is -0.394 e. The van der Waals surface area contributed by atoms with Crippen LogP contribution in [0, 0.1) is 0 Å². The first-order valence-electron chi connectivity index (χ1n) is 9.13. The van der Waals surface area contributed by atoms with Crippen LogP contribution in [0.5, 0.6) is 0 Å². The Morgan fingerprint density at radius 3 is 2.65 bits per heavy atom. The van der Waals surface area contributed by atoms with Gasteiger partial charge in [-0.2, -0.15) is 0 Å². The van der Waals surface area contributed by atoms with Gasteiger partial charge in [0.15, 0.2) is 0 Å². The number of nitrogens with zero attached hydrogens (tertiary/aromatic N) is 1. The summed E-state index contributed by atoms with van der Waals surface area (Å²) in [7, 11) is 0. The molecule has 2 aromatic rings. The van der Waals surface area contributed by atoms with E-state index in [2.05, 4.69) is 10.3 Å². The third-order valence-corrected chi connectivity index (χ3v) is 4.75. The van der Waals surface area contributed by atoms with Crippen molar-refractivity contribution in [3.8, 4) is 0 Å². The average molecular weight is 355 g/mol. The van der Waals surface area contributed by atoms with Gasteiger partial charge in [-0.15, -0.1) is 0 Å². The number of rotatable bonds is 5. The van der Waals surface area contributed by atoms with E-state index in [0.717, 1.165) is 42.1 Å². The molecule has 1 atom stereocenters. The summed E-state index contributed by atoms with van der Waals surface area (Å²) in [6, 6.07) is 6.93. The molecule has 3 rings (SSSR count). The van der Waals surface area contributed by atoms with Crippen LogP contribution in [0.3, 0.4) is 0 Å². The molecule has 2 amide bonds. The number of fused-ring (bicyclic) bond motifs is 1. The molecule has 1 aromatic carbocycles. The average Bonchev–Trinajstić information content (AvgIpc) is 2.88. The first kappa shape index (κ1) is 18.2. The molecule has 0 spiro atoms. The van der Waals surface area contributed by atoms with E-state index in [0.29, 0.717) is 13.1 Å². The van der Waals surface area contributed by atoms with Gasteiger partial charge in [-0.05, 0) is 30.5 Å². The molecule has 0 radical (unpaired) electrons. The zero-order chi connectivity index (χ0) is 18.4. The van der Waals surface area contributed by atoms with E-state index in [1.54, 1.807) is 11.0 Å². The Hall–Kier alpha value is -2.60. The molecule has 0 saturated carbocycles. The number of para-hydroxylation sites is 1. The summed E-state index contributed by atoms with van der Waals surface area (Å²) in [6.45, 7) is 0.981. The lowest BCUT2D eigenvalue weighted by Crippen LogP contribution is -2.50. The molecule has 1 saturated heterocycles. The molecule has 1 fully saturated rings. The number of aromatic nitrogens is 1. The lowest BCUT2D eigenvalue weighted by molar-refractivity contribution is -0.136. The maximum absolute atomic E-state index is 12.5. The van der Waals surface area contributed by atoms with Gasteiger partial charge >= 0.3 is 0 Å². The third-order valence-electron chi connectivity index (χ3n) is 4.75.